The number of benzene rings is 6. The average molecular weight is 1910 g/mol. The Morgan fingerprint density at radius 1 is 0.258 bits per heavy atom. The van der Waals surface area contributed by atoms with Crippen LogP contribution in [0.2, 0.25) is 0 Å². The Morgan fingerprint density at radius 2 is 0.422 bits per heavy atom. The first-order valence-corrected chi connectivity index (χ1v) is 46.6. The summed E-state index contributed by atoms with van der Waals surface area (Å²) in [6.45, 7) is -2.80. The van der Waals surface area contributed by atoms with Crippen LogP contribution in [0.25, 0.3) is 11.1 Å². The number of carbonyl (C=O) groups is 8. The third kappa shape index (κ3) is 30.2. The maximum absolute atomic E-state index is 14.3. The molecule has 0 fully saturated rings. The predicted molar refractivity (Wildman–Crippen MR) is 457 cm³/mol. The van der Waals surface area contributed by atoms with Crippen molar-refractivity contribution in [1.29, 1.82) is 0 Å². The van der Waals surface area contributed by atoms with Crippen LogP contribution in [0.4, 0.5) is 69.8 Å². The van der Waals surface area contributed by atoms with E-state index in [0.29, 0.717) is 0 Å². The molecule has 46 nitrogen and oxygen atoms in total. The van der Waals surface area contributed by atoms with Crippen LogP contribution < -0.4 is 134 Å². The van der Waals surface area contributed by atoms with Crippen molar-refractivity contribution < 1.29 is 157 Å². The molecule has 2 heterocycles. The normalized spacial score (nSPS) is 11.7. The average Bonchev–Trinajstić information content (AvgIpc) is 0.769. The van der Waals surface area contributed by atoms with E-state index in [4.69, 9.17) is 0 Å². The molecule has 0 spiro atoms. The van der Waals surface area contributed by atoms with Crippen molar-refractivity contribution >= 4 is 177 Å². The zero-order valence-corrected chi connectivity index (χ0v) is 79.8. The second-order valence-corrected chi connectivity index (χ2v) is 37.3. The molecule has 54 heteroatoms. The van der Waals surface area contributed by atoms with Crippen molar-refractivity contribution in [2.45, 2.75) is 80.7 Å². The third-order valence-corrected chi connectivity index (χ3v) is 27.8. The van der Waals surface area contributed by atoms with Gasteiger partial charge in [-0.15, -0.1) is 0 Å². The minimum absolute atomic E-state index is 0. The van der Waals surface area contributed by atoms with Gasteiger partial charge in [0.1, 0.15) is 20.2 Å². The van der Waals surface area contributed by atoms with Gasteiger partial charge in [-0.3, -0.25) is 38.4 Å². The van der Waals surface area contributed by atoms with Crippen LogP contribution >= 0.6 is 0 Å². The maximum Gasteiger partial charge on any atom is 1.00 e. The molecule has 0 bridgehead atoms. The zero-order valence-electron chi connectivity index (χ0n) is 70.9. The SMILES string of the molecule is CNC(=O)CCN(CCC(=O)NC)S(=O)(=O)c1cccc(Nc2nc(Nc3cccc(S(=O)(=O)N(CCC(=O)NC)CCC(=O)NC)c3)nc(Nc3ccc(-c4ccc(Nc5nc(Nc6cccc(S(=O)(=O)N(CCC(=O)NC)CCC(=O)NC)c6)nc(Nc6cccc(S(=O)(=O)N(CCC(=O)NC)CCC(=O)NC)c6)n5)cc4S(=O)(=O)[O-])c(S(=O)(=O)[O-])c3)n2)c1.[Na+].[Na+]. The summed E-state index contributed by atoms with van der Waals surface area (Å²) < 4.78 is 200. The van der Waals surface area contributed by atoms with E-state index in [9.17, 15) is 98.0 Å². The van der Waals surface area contributed by atoms with Crippen LogP contribution in [0, 0.1) is 0 Å². The van der Waals surface area contributed by atoms with E-state index in [1.807, 2.05) is 0 Å². The van der Waals surface area contributed by atoms with Gasteiger partial charge in [0.2, 0.25) is 123 Å². The van der Waals surface area contributed by atoms with E-state index < -0.39 is 164 Å². The molecule has 0 aliphatic rings. The van der Waals surface area contributed by atoms with Crippen LogP contribution in [0.5, 0.6) is 0 Å². The van der Waals surface area contributed by atoms with Gasteiger partial charge in [-0.25, -0.2) is 50.5 Å². The fourth-order valence-electron chi connectivity index (χ4n) is 11.7. The molecule has 8 rings (SSSR count). The second-order valence-electron chi connectivity index (χ2n) is 26.8. The number of amides is 8. The Balaban J connectivity index is 0.0000126. The van der Waals surface area contributed by atoms with Crippen LogP contribution in [0.15, 0.2) is 163 Å². The van der Waals surface area contributed by atoms with Gasteiger partial charge in [0.05, 0.1) is 29.4 Å². The number of nitrogens with zero attached hydrogens (tertiary/aromatic N) is 10. The molecule has 0 aliphatic carbocycles. The maximum atomic E-state index is 14.3. The van der Waals surface area contributed by atoms with Crippen molar-refractivity contribution in [2.24, 2.45) is 0 Å². The number of rotatable bonds is 47. The largest absolute Gasteiger partial charge is 1.00 e. The molecular weight excluding hydrogens is 1820 g/mol. The second kappa shape index (κ2) is 48.1. The molecule has 0 unspecified atom stereocenters. The van der Waals surface area contributed by atoms with E-state index >= 15 is 0 Å². The molecule has 0 atom stereocenters. The zero-order chi connectivity index (χ0) is 92.5. The number of aromatic nitrogens is 6. The third-order valence-electron chi connectivity index (χ3n) is 18.4. The fourth-order valence-corrected chi connectivity index (χ4v) is 19.1. The Morgan fingerprint density at radius 3 is 0.578 bits per heavy atom. The summed E-state index contributed by atoms with van der Waals surface area (Å²) in [5.41, 5.74) is -2.09. The van der Waals surface area contributed by atoms with Crippen LogP contribution in [-0.2, 0) is 98.7 Å². The Kier molecular flexibility index (Phi) is 39.9. The molecule has 14 N–H and O–H groups in total. The number of nitrogens with one attached hydrogen (secondary N) is 14. The van der Waals surface area contributed by atoms with Gasteiger partial charge in [-0.05, 0) is 97.1 Å². The molecule has 6 aromatic carbocycles. The summed E-state index contributed by atoms with van der Waals surface area (Å²) in [7, 11) is -18.7. The van der Waals surface area contributed by atoms with E-state index in [1.54, 1.807) is 0 Å². The molecule has 0 radical (unpaired) electrons. The van der Waals surface area contributed by atoms with Gasteiger partial charge in [0.15, 0.2) is 0 Å². The van der Waals surface area contributed by atoms with Crippen molar-refractivity contribution in [1.82, 2.24) is 89.7 Å². The molecule has 2 aromatic heterocycles. The van der Waals surface area contributed by atoms with E-state index in [0.717, 1.165) is 77.9 Å². The predicted octanol–water partition coefficient (Wildman–Crippen LogP) is -4.95. The summed E-state index contributed by atoms with van der Waals surface area (Å²) in [6, 6.07) is 26.0. The summed E-state index contributed by atoms with van der Waals surface area (Å²) in [5, 5.41) is 36.2. The number of sulfonamides is 4. The monoisotopic (exact) mass is 1910 g/mol. The summed E-state index contributed by atoms with van der Waals surface area (Å²) in [5.74, 6) is -6.76. The molecule has 0 aliphatic heterocycles. The number of carbonyl (C=O) groups excluding carboxylic acids is 8. The summed E-state index contributed by atoms with van der Waals surface area (Å²) in [4.78, 5) is 122. The first-order valence-electron chi connectivity index (χ1n) is 38.0. The molecule has 8 amide bonds. The molecule has 678 valence electrons. The van der Waals surface area contributed by atoms with Crippen molar-refractivity contribution in [3.05, 3.63) is 133 Å². The van der Waals surface area contributed by atoms with E-state index in [-0.39, 0.29) is 217 Å². The van der Waals surface area contributed by atoms with Crippen LogP contribution in [-0.4, -0.2) is 263 Å². The Bertz CT molecular complexity index is 5400. The van der Waals surface area contributed by atoms with Crippen molar-refractivity contribution in [3.63, 3.8) is 0 Å². The number of anilines is 12. The van der Waals surface area contributed by atoms with E-state index in [1.165, 1.54) is 129 Å². The Labute approximate surface area is 783 Å². The first-order chi connectivity index (χ1) is 59.6. The van der Waals surface area contributed by atoms with Crippen LogP contribution in [0.3, 0.4) is 0 Å². The summed E-state index contributed by atoms with van der Waals surface area (Å²) in [6.07, 6.45) is -2.32. The topological polar surface area (TPSA) is 646 Å². The van der Waals surface area contributed by atoms with Crippen molar-refractivity contribution in [2.75, 3.05) is 141 Å². The quantitative estimate of drug-likeness (QED) is 0.0126. The minimum atomic E-state index is -5.75. The van der Waals surface area contributed by atoms with Gasteiger partial charge in [-0.1, -0.05) is 36.4 Å². The van der Waals surface area contributed by atoms with Gasteiger partial charge in [0.25, 0.3) is 0 Å². The van der Waals surface area contributed by atoms with Gasteiger partial charge < -0.3 is 83.5 Å². The molecule has 0 saturated carbocycles. The smallest absolute Gasteiger partial charge is 0.744 e. The van der Waals surface area contributed by atoms with E-state index in [2.05, 4.69) is 104 Å². The van der Waals surface area contributed by atoms with Crippen molar-refractivity contribution in [3.8, 4) is 11.1 Å². The molecule has 128 heavy (non-hydrogen) atoms. The minimum Gasteiger partial charge on any atom is -0.744 e. The summed E-state index contributed by atoms with van der Waals surface area (Å²) >= 11 is 0. The van der Waals surface area contributed by atoms with Gasteiger partial charge >= 0.3 is 59.1 Å². The Hall–Kier alpha value is -10.6. The molecule has 0 saturated heterocycles. The van der Waals surface area contributed by atoms with Crippen LogP contribution in [0.1, 0.15) is 51.4 Å². The first kappa shape index (κ1) is 106. The fraction of sp³-hybridized carbons (Fsp3) is 0.324. The number of hydrogen-bond donors (Lipinski definition) is 14. The standard InChI is InChI=1S/C74H94N24O22S6.2Na/c1-75-61(99)25-33-95(34-26-62(100)76-2)121(107,108)53-17-9-13-47(41-53)83-69-89-70(84-48-14-10-18-54(42-48)122(109,110)96(35-27-63(101)77-3)36-28-64(102)78-4)92-73(91-69)87-51-21-23-57(59(45-51)125(115,116)117)58-24-22-52(46-60(58)126(118,119)120)88-74-93-71(85-49-15-11-19-55(43-49)123(111,112)97(37-29-65(103)79-5)38-30-66(104)80-6)90-72(94-74)86-50-16-12-20-56(44-50)124(113,114)98(39-31-67(105)81-7)40-32-68(106)82-8;;/h9-24,41-46H,25-40H2,1-8H3,(H,75,99)(H,76,100)(H,77,101)(H,78,102)(H,79,103)(H,80,104)(H,81,105)(H,82,106)(H,115,116,117)(H,118,119,120)(H3,83,84,87,89,91,92)(H3,85,86,88,90,93,94);;/q;2*+1/p-2. The van der Waals surface area contributed by atoms with Gasteiger partial charge in [0, 0.05) is 205 Å². The molecule has 8 aromatic rings. The van der Waals surface area contributed by atoms with Gasteiger partial charge in [-0.2, -0.15) is 47.1 Å². The number of hydrogen-bond acceptors (Lipinski definition) is 34. The molecular formula is C74H92N24Na2O22S6.